The summed E-state index contributed by atoms with van der Waals surface area (Å²) < 4.78 is 8.01. The molecule has 3 aromatic carbocycles. The van der Waals surface area contributed by atoms with Gasteiger partial charge in [-0.15, -0.1) is 11.3 Å². The highest BCUT2D eigenvalue weighted by atomic mass is 35.5. The minimum Gasteiger partial charge on any atom is -0.504 e. The summed E-state index contributed by atoms with van der Waals surface area (Å²) in [6.07, 6.45) is 2.11. The van der Waals surface area contributed by atoms with Gasteiger partial charge in [-0.3, -0.25) is 34.0 Å². The number of aryl methyl sites for hydroxylation is 2. The second-order valence-electron chi connectivity index (χ2n) is 15.1. The van der Waals surface area contributed by atoms with Crippen LogP contribution in [0.2, 0.25) is 5.02 Å². The largest absolute Gasteiger partial charge is 0.504 e. The number of aromatic nitrogens is 2. The monoisotopic (exact) mass is 791 g/mol. The number of nitro groups is 1. The molecule has 0 unspecified atom stereocenters. The van der Waals surface area contributed by atoms with Crippen LogP contribution in [0.15, 0.2) is 78.4 Å². The fraction of sp³-hybridized carbons (Fsp3) is 0.293. The lowest BCUT2D eigenvalue weighted by Crippen LogP contribution is -2.49. The number of carbonyl (C=O) groups is 4. The van der Waals surface area contributed by atoms with Gasteiger partial charge < -0.3 is 9.84 Å². The van der Waals surface area contributed by atoms with E-state index in [1.54, 1.807) is 38.2 Å². The summed E-state index contributed by atoms with van der Waals surface area (Å²) >= 11 is 7.84. The number of para-hydroxylation sites is 1. The highest BCUT2D eigenvalue weighted by molar-refractivity contribution is 7.22. The number of methoxy groups -OCH3 is 1. The standard InChI is InChI=1S/C41H34ClN5O8S/c1-19-26-15-20(42)11-14-31(26)56-36(19)29-18-32(44(3)43-29)46-38(50)28-17-27-23(34(41(28,2)40(46)52)25-9-6-10-30(55-4)35(25)48)12-13-24-33(27)39(51)45(37(24)49)21-7-5-8-22(16-21)47(53)54/h5-12,14-16,18,24,27-28,33-34,48H,13,17H2,1-4H3/t24-,27+,28-,33-,34+,41+/m0/s1. The number of nitro benzene ring substituents is 1. The second-order valence-corrected chi connectivity index (χ2v) is 16.5. The first-order valence-corrected chi connectivity index (χ1v) is 19.2. The van der Waals surface area contributed by atoms with Gasteiger partial charge in [-0.25, -0.2) is 9.80 Å². The van der Waals surface area contributed by atoms with Gasteiger partial charge in [0.2, 0.25) is 23.6 Å². The fourth-order valence-corrected chi connectivity index (χ4v) is 11.0. The molecular formula is C41H34ClN5O8S. The summed E-state index contributed by atoms with van der Waals surface area (Å²) in [5.74, 6) is -5.95. The van der Waals surface area contributed by atoms with E-state index in [9.17, 15) is 29.6 Å². The number of halogens is 1. The molecule has 2 saturated heterocycles. The van der Waals surface area contributed by atoms with Gasteiger partial charge in [0.05, 0.1) is 45.8 Å². The van der Waals surface area contributed by atoms with E-state index in [0.717, 1.165) is 25.4 Å². The Morgan fingerprint density at radius 1 is 1.00 bits per heavy atom. The molecule has 284 valence electrons. The molecule has 4 amide bonds. The Morgan fingerprint density at radius 3 is 2.52 bits per heavy atom. The highest BCUT2D eigenvalue weighted by Gasteiger charge is 2.68. The molecule has 2 aromatic heterocycles. The van der Waals surface area contributed by atoms with Crippen molar-refractivity contribution in [1.29, 1.82) is 0 Å². The van der Waals surface area contributed by atoms with E-state index in [-0.39, 0.29) is 41.5 Å². The van der Waals surface area contributed by atoms with Crippen molar-refractivity contribution in [3.63, 3.8) is 0 Å². The number of allylic oxidation sites excluding steroid dienone is 2. The van der Waals surface area contributed by atoms with Crippen LogP contribution in [0.25, 0.3) is 20.7 Å². The number of non-ortho nitro benzene ring substituents is 1. The third-order valence-electron chi connectivity index (χ3n) is 12.3. The Kier molecular flexibility index (Phi) is 8.05. The molecule has 2 aliphatic heterocycles. The molecule has 2 aliphatic carbocycles. The Bertz CT molecular complexity index is 2630. The van der Waals surface area contributed by atoms with E-state index in [2.05, 4.69) is 0 Å². The van der Waals surface area contributed by atoms with Crippen LogP contribution in [0, 0.1) is 46.1 Å². The van der Waals surface area contributed by atoms with Crippen LogP contribution in [-0.4, -0.2) is 50.5 Å². The topological polar surface area (TPSA) is 165 Å². The number of hydrogen-bond donors (Lipinski definition) is 1. The lowest BCUT2D eigenvalue weighted by atomic mass is 9.51. The van der Waals surface area contributed by atoms with E-state index >= 15 is 4.79 Å². The van der Waals surface area contributed by atoms with Crippen molar-refractivity contribution in [3.05, 3.63) is 105 Å². The summed E-state index contributed by atoms with van der Waals surface area (Å²) in [5.41, 5.74) is 0.960. The average molecular weight is 792 g/mol. The van der Waals surface area contributed by atoms with Crippen molar-refractivity contribution in [2.75, 3.05) is 16.9 Å². The Labute approximate surface area is 328 Å². The highest BCUT2D eigenvalue weighted by Crippen LogP contribution is 2.65. The zero-order chi connectivity index (χ0) is 39.5. The van der Waals surface area contributed by atoms with E-state index in [0.29, 0.717) is 21.9 Å². The first-order valence-electron chi connectivity index (χ1n) is 18.1. The second kappa shape index (κ2) is 12.6. The van der Waals surface area contributed by atoms with Gasteiger partial charge in [-0.1, -0.05) is 41.4 Å². The van der Waals surface area contributed by atoms with Crippen molar-refractivity contribution < 1.29 is 33.9 Å². The zero-order valence-corrected chi connectivity index (χ0v) is 32.1. The Morgan fingerprint density at radius 2 is 1.77 bits per heavy atom. The van der Waals surface area contributed by atoms with Gasteiger partial charge in [-0.2, -0.15) is 5.10 Å². The number of nitrogens with zero attached hydrogens (tertiary/aromatic N) is 5. The molecule has 0 spiro atoms. The van der Waals surface area contributed by atoms with Gasteiger partial charge in [0.25, 0.3) is 5.69 Å². The molecule has 1 saturated carbocycles. The number of carbonyl (C=O) groups excluding carboxylic acids is 4. The lowest BCUT2D eigenvalue weighted by Gasteiger charge is -2.49. The first kappa shape index (κ1) is 35.8. The molecule has 4 heterocycles. The predicted octanol–water partition coefficient (Wildman–Crippen LogP) is 7.32. The molecule has 3 fully saturated rings. The van der Waals surface area contributed by atoms with Crippen LogP contribution in [0.5, 0.6) is 11.5 Å². The van der Waals surface area contributed by atoms with Crippen LogP contribution in [0.4, 0.5) is 17.2 Å². The molecule has 5 aromatic rings. The van der Waals surface area contributed by atoms with Crippen molar-refractivity contribution >= 4 is 73.8 Å². The van der Waals surface area contributed by atoms with Gasteiger partial charge in [0.1, 0.15) is 11.5 Å². The smallest absolute Gasteiger partial charge is 0.271 e. The average Bonchev–Trinajstić information content (AvgIpc) is 3.85. The molecule has 13 nitrogen and oxygen atoms in total. The SMILES string of the molecule is COc1cccc([C@H]2C3=CC[C@@H]4C(=O)N(c5cccc([N+](=O)[O-])c5)C(=O)[C@@H]4[C@@H]3C[C@H]3C(=O)N(c4cc(-c5sc6ccc(Cl)cc6c5C)nn4C)C(=O)[C@@]23C)c1O. The third-order valence-corrected chi connectivity index (χ3v) is 13.9. The number of rotatable bonds is 6. The fourth-order valence-electron chi connectivity index (χ4n) is 9.73. The Balaban J connectivity index is 1.16. The van der Waals surface area contributed by atoms with Crippen molar-refractivity contribution in [2.45, 2.75) is 32.6 Å². The van der Waals surface area contributed by atoms with Crippen LogP contribution in [0.1, 0.15) is 36.8 Å². The summed E-state index contributed by atoms with van der Waals surface area (Å²) in [5, 5.41) is 29.6. The van der Waals surface area contributed by atoms with Crippen molar-refractivity contribution in [3.8, 4) is 22.1 Å². The molecule has 1 N–H and O–H groups in total. The number of ether oxygens (including phenoxy) is 1. The summed E-state index contributed by atoms with van der Waals surface area (Å²) in [6.45, 7) is 3.71. The lowest BCUT2D eigenvalue weighted by molar-refractivity contribution is -0.384. The normalized spacial score (nSPS) is 25.7. The number of imide groups is 2. The Hall–Kier alpha value is -5.86. The molecule has 9 rings (SSSR count). The molecular weight excluding hydrogens is 758 g/mol. The molecule has 4 aliphatic rings. The number of aromatic hydroxyl groups is 1. The minimum atomic E-state index is -1.43. The number of phenols is 1. The van der Waals surface area contributed by atoms with E-state index in [1.165, 1.54) is 52.3 Å². The number of thiophene rings is 1. The first-order chi connectivity index (χ1) is 26.8. The number of anilines is 2. The summed E-state index contributed by atoms with van der Waals surface area (Å²) in [7, 11) is 3.09. The van der Waals surface area contributed by atoms with Gasteiger partial charge in [-0.05, 0) is 73.9 Å². The maximum Gasteiger partial charge on any atom is 0.271 e. The third kappa shape index (κ3) is 4.87. The predicted molar refractivity (Wildman–Crippen MR) is 209 cm³/mol. The van der Waals surface area contributed by atoms with Gasteiger partial charge >= 0.3 is 0 Å². The zero-order valence-electron chi connectivity index (χ0n) is 30.6. The van der Waals surface area contributed by atoms with Crippen LogP contribution >= 0.6 is 22.9 Å². The molecule has 0 bridgehead atoms. The van der Waals surface area contributed by atoms with Crippen molar-refractivity contribution in [1.82, 2.24) is 9.78 Å². The number of phenolic OH excluding ortho intramolecular Hbond substituents is 1. The van der Waals surface area contributed by atoms with Gasteiger partial charge in [0.15, 0.2) is 11.5 Å². The van der Waals surface area contributed by atoms with E-state index in [4.69, 9.17) is 21.4 Å². The van der Waals surface area contributed by atoms with E-state index in [1.807, 2.05) is 31.2 Å². The minimum absolute atomic E-state index is 0.0779. The summed E-state index contributed by atoms with van der Waals surface area (Å²) in [6, 6.07) is 17.8. The van der Waals surface area contributed by atoms with Crippen LogP contribution in [-0.2, 0) is 26.2 Å². The maximum absolute atomic E-state index is 15.1. The summed E-state index contributed by atoms with van der Waals surface area (Å²) in [4.78, 5) is 72.6. The van der Waals surface area contributed by atoms with Crippen LogP contribution in [0.3, 0.4) is 0 Å². The molecule has 56 heavy (non-hydrogen) atoms. The molecule has 6 atom stereocenters. The number of benzene rings is 3. The molecule has 15 heteroatoms. The van der Waals surface area contributed by atoms with Crippen LogP contribution < -0.4 is 14.5 Å². The number of amides is 4. The van der Waals surface area contributed by atoms with Crippen molar-refractivity contribution in [2.24, 2.45) is 36.1 Å². The maximum atomic E-state index is 15.1. The number of hydrogen-bond acceptors (Lipinski definition) is 10. The molecule has 0 radical (unpaired) electrons. The number of fused-ring (bicyclic) bond motifs is 5. The van der Waals surface area contributed by atoms with Gasteiger partial charge in [0, 0.05) is 46.5 Å². The van der Waals surface area contributed by atoms with E-state index < -0.39 is 63.6 Å². The quantitative estimate of drug-likeness (QED) is 0.0803.